The minimum atomic E-state index is -0.588. The molecular formula is C13H12Cl2S. The molecule has 1 fully saturated rings. The lowest BCUT2D eigenvalue weighted by atomic mass is 9.83. The van der Waals surface area contributed by atoms with E-state index in [1.54, 1.807) is 11.3 Å². The van der Waals surface area contributed by atoms with Crippen LogP contribution in [0.15, 0.2) is 22.9 Å². The first kappa shape index (κ1) is 9.99. The predicted molar refractivity (Wildman–Crippen MR) is 69.6 cm³/mol. The molecule has 84 valence electrons. The molecule has 2 atom stereocenters. The van der Waals surface area contributed by atoms with Gasteiger partial charge in [0.25, 0.3) is 0 Å². The fourth-order valence-corrected chi connectivity index (χ4v) is 6.33. The molecule has 3 aliphatic carbocycles. The Morgan fingerprint density at radius 2 is 1.50 bits per heavy atom. The van der Waals surface area contributed by atoms with Gasteiger partial charge in [-0.05, 0) is 21.9 Å². The number of rotatable bonds is 0. The van der Waals surface area contributed by atoms with Crippen molar-refractivity contribution < 1.29 is 0 Å². The van der Waals surface area contributed by atoms with Crippen LogP contribution in [0.2, 0.25) is 0 Å². The largest absolute Gasteiger partial charge is 0.152 e. The van der Waals surface area contributed by atoms with Crippen LogP contribution in [-0.2, 0) is 0 Å². The lowest BCUT2D eigenvalue weighted by Crippen LogP contribution is -2.15. The van der Waals surface area contributed by atoms with Gasteiger partial charge in [-0.15, -0.1) is 23.2 Å². The molecule has 2 bridgehead atoms. The fraction of sp³-hybridized carbons (Fsp3) is 0.538. The third-order valence-corrected chi connectivity index (χ3v) is 7.50. The molecule has 1 spiro atoms. The molecule has 0 nitrogen and oxygen atoms in total. The van der Waals surface area contributed by atoms with Crippen molar-refractivity contribution in [3.05, 3.63) is 34.0 Å². The highest BCUT2D eigenvalue weighted by molar-refractivity contribution is 7.08. The molecule has 3 heteroatoms. The summed E-state index contributed by atoms with van der Waals surface area (Å²) in [6.07, 6.45) is 4.63. The van der Waals surface area contributed by atoms with Gasteiger partial charge in [-0.25, -0.2) is 0 Å². The zero-order chi connectivity index (χ0) is 11.3. The molecule has 0 aromatic carbocycles. The van der Waals surface area contributed by atoms with E-state index in [4.69, 9.17) is 23.2 Å². The Kier molecular flexibility index (Phi) is 1.50. The number of alkyl halides is 2. The predicted octanol–water partition coefficient (Wildman–Crippen LogP) is 4.70. The third kappa shape index (κ3) is 0.660. The molecule has 1 aromatic heterocycles. The molecule has 0 radical (unpaired) electrons. The van der Waals surface area contributed by atoms with Crippen molar-refractivity contribution in [3.63, 3.8) is 0 Å². The summed E-state index contributed by atoms with van der Waals surface area (Å²) < 4.78 is -0.588. The van der Waals surface area contributed by atoms with Crippen LogP contribution in [0, 0.1) is 10.8 Å². The quantitative estimate of drug-likeness (QED) is 0.474. The summed E-state index contributed by atoms with van der Waals surface area (Å²) in [6.45, 7) is 4.41. The minimum Gasteiger partial charge on any atom is -0.152 e. The molecule has 16 heavy (non-hydrogen) atoms. The van der Waals surface area contributed by atoms with Crippen molar-refractivity contribution in [3.8, 4) is 0 Å². The second kappa shape index (κ2) is 2.41. The molecule has 0 amide bonds. The molecule has 4 rings (SSSR count). The van der Waals surface area contributed by atoms with Crippen molar-refractivity contribution in [1.29, 1.82) is 0 Å². The molecule has 2 unspecified atom stereocenters. The standard InChI is InChI=1S/C13H12Cl2S/c1-11(2)12(13(11,14)15)9-3-4-10(12)8-6-16-5-7(8)9/h3-6,9-10H,1-2H3. The summed E-state index contributed by atoms with van der Waals surface area (Å²) in [6, 6.07) is 0. The van der Waals surface area contributed by atoms with Crippen LogP contribution in [0.1, 0.15) is 36.8 Å². The lowest BCUT2D eigenvalue weighted by molar-refractivity contribution is 0.362. The maximum Gasteiger partial charge on any atom is 0.132 e. The second-order valence-electron chi connectivity index (χ2n) is 5.69. The Hall–Kier alpha value is 0.0200. The van der Waals surface area contributed by atoms with Crippen molar-refractivity contribution in [2.45, 2.75) is 30.0 Å². The molecular weight excluding hydrogens is 259 g/mol. The Labute approximate surface area is 109 Å². The van der Waals surface area contributed by atoms with E-state index in [0.29, 0.717) is 11.8 Å². The topological polar surface area (TPSA) is 0 Å². The summed E-state index contributed by atoms with van der Waals surface area (Å²) in [7, 11) is 0. The average molecular weight is 271 g/mol. The monoisotopic (exact) mass is 270 g/mol. The van der Waals surface area contributed by atoms with Crippen LogP contribution < -0.4 is 0 Å². The van der Waals surface area contributed by atoms with Gasteiger partial charge in [0.05, 0.1) is 0 Å². The van der Waals surface area contributed by atoms with E-state index in [1.807, 2.05) is 0 Å². The average Bonchev–Trinajstić information content (AvgIpc) is 2.75. The van der Waals surface area contributed by atoms with Gasteiger partial charge >= 0.3 is 0 Å². The van der Waals surface area contributed by atoms with Crippen LogP contribution in [0.25, 0.3) is 0 Å². The first-order valence-corrected chi connectivity index (χ1v) is 7.28. The van der Waals surface area contributed by atoms with Crippen molar-refractivity contribution in [2.75, 3.05) is 0 Å². The molecule has 3 aliphatic rings. The number of halogens is 2. The number of allylic oxidation sites excluding steroid dienone is 2. The van der Waals surface area contributed by atoms with Crippen LogP contribution >= 0.6 is 34.5 Å². The van der Waals surface area contributed by atoms with Gasteiger partial charge in [0.1, 0.15) is 4.33 Å². The molecule has 0 saturated heterocycles. The highest BCUT2D eigenvalue weighted by Gasteiger charge is 2.88. The summed E-state index contributed by atoms with van der Waals surface area (Å²) >= 11 is 15.0. The fourth-order valence-electron chi connectivity index (χ4n) is 4.24. The van der Waals surface area contributed by atoms with Gasteiger partial charge in [0.2, 0.25) is 0 Å². The number of hydrogen-bond acceptors (Lipinski definition) is 1. The summed E-state index contributed by atoms with van der Waals surface area (Å²) in [5, 5.41) is 4.53. The zero-order valence-electron chi connectivity index (χ0n) is 9.13. The summed E-state index contributed by atoms with van der Waals surface area (Å²) in [5.74, 6) is 0.868. The smallest absolute Gasteiger partial charge is 0.132 e. The first-order chi connectivity index (χ1) is 7.46. The van der Waals surface area contributed by atoms with Crippen LogP contribution in [0.4, 0.5) is 0 Å². The Morgan fingerprint density at radius 3 is 1.88 bits per heavy atom. The van der Waals surface area contributed by atoms with Gasteiger partial charge in [-0.2, -0.15) is 11.3 Å². The Balaban J connectivity index is 1.98. The van der Waals surface area contributed by atoms with Crippen LogP contribution in [0.5, 0.6) is 0 Å². The van der Waals surface area contributed by atoms with E-state index < -0.39 is 4.33 Å². The van der Waals surface area contributed by atoms with Gasteiger partial charge in [-0.1, -0.05) is 26.0 Å². The molecule has 1 saturated carbocycles. The molecule has 0 aliphatic heterocycles. The van der Waals surface area contributed by atoms with Crippen LogP contribution in [0.3, 0.4) is 0 Å². The van der Waals surface area contributed by atoms with E-state index in [-0.39, 0.29) is 10.8 Å². The van der Waals surface area contributed by atoms with E-state index in [1.165, 1.54) is 11.1 Å². The van der Waals surface area contributed by atoms with E-state index in [2.05, 4.69) is 36.8 Å². The number of hydrogen-bond donors (Lipinski definition) is 0. The van der Waals surface area contributed by atoms with E-state index in [9.17, 15) is 0 Å². The van der Waals surface area contributed by atoms with Gasteiger partial charge < -0.3 is 0 Å². The third-order valence-electron chi connectivity index (χ3n) is 5.15. The van der Waals surface area contributed by atoms with Gasteiger partial charge in [0, 0.05) is 22.7 Å². The molecule has 0 N–H and O–H groups in total. The van der Waals surface area contributed by atoms with Crippen LogP contribution in [-0.4, -0.2) is 4.33 Å². The maximum absolute atomic E-state index is 6.60. The van der Waals surface area contributed by atoms with Gasteiger partial charge in [-0.3, -0.25) is 0 Å². The molecule has 1 aromatic rings. The Morgan fingerprint density at radius 1 is 1.06 bits per heavy atom. The second-order valence-corrected chi connectivity index (χ2v) is 7.76. The number of thiophene rings is 1. The minimum absolute atomic E-state index is 0.00136. The molecule has 1 heterocycles. The number of fused-ring (bicyclic) bond motifs is 3. The van der Waals surface area contributed by atoms with Crippen molar-refractivity contribution in [1.82, 2.24) is 0 Å². The van der Waals surface area contributed by atoms with Gasteiger partial charge in [0.15, 0.2) is 0 Å². The summed E-state index contributed by atoms with van der Waals surface area (Å²) in [5.41, 5.74) is 2.96. The highest BCUT2D eigenvalue weighted by Crippen LogP contribution is 2.90. The SMILES string of the molecule is CC1(C)C(Cl)(Cl)C12C1C=CC2c2cscc21. The highest BCUT2D eigenvalue weighted by atomic mass is 35.5. The lowest BCUT2D eigenvalue weighted by Gasteiger charge is -2.20. The van der Waals surface area contributed by atoms with E-state index in [0.717, 1.165) is 0 Å². The first-order valence-electron chi connectivity index (χ1n) is 5.58. The normalized spacial score (nSPS) is 44.0. The van der Waals surface area contributed by atoms with Crippen molar-refractivity contribution >= 4 is 34.5 Å². The summed E-state index contributed by atoms with van der Waals surface area (Å²) in [4.78, 5) is 0. The zero-order valence-corrected chi connectivity index (χ0v) is 11.5. The Bertz CT molecular complexity index is 479. The van der Waals surface area contributed by atoms with Crippen molar-refractivity contribution in [2.24, 2.45) is 10.8 Å². The maximum atomic E-state index is 6.60. The van der Waals surface area contributed by atoms with E-state index >= 15 is 0 Å².